The second-order valence-corrected chi connectivity index (χ2v) is 5.60. The Kier molecular flexibility index (Phi) is 8.58. The number of hydrogen-bond donors (Lipinski definition) is 2. The predicted molar refractivity (Wildman–Crippen MR) is 86.0 cm³/mol. The van der Waals surface area contributed by atoms with Crippen LogP contribution in [0.1, 0.15) is 32.8 Å². The summed E-state index contributed by atoms with van der Waals surface area (Å²) in [7, 11) is 0. The number of esters is 1. The number of rotatable bonds is 10. The Morgan fingerprint density at radius 3 is 2.74 bits per heavy atom. The fourth-order valence-electron chi connectivity index (χ4n) is 1.91. The highest BCUT2D eigenvalue weighted by Crippen LogP contribution is 2.19. The Morgan fingerprint density at radius 1 is 1.39 bits per heavy atom. The molecule has 1 aromatic carbocycles. The molecule has 0 aliphatic carbocycles. The molecule has 0 aromatic heterocycles. The van der Waals surface area contributed by atoms with Crippen molar-refractivity contribution in [2.75, 3.05) is 19.8 Å². The molecule has 0 spiro atoms. The lowest BCUT2D eigenvalue weighted by Crippen LogP contribution is -2.35. The van der Waals surface area contributed by atoms with Gasteiger partial charge < -0.3 is 19.9 Å². The van der Waals surface area contributed by atoms with Crippen LogP contribution >= 0.6 is 0 Å². The minimum Gasteiger partial charge on any atom is -0.488 e. The molecule has 6 heteroatoms. The lowest BCUT2D eigenvalue weighted by molar-refractivity contribution is -0.143. The fraction of sp³-hybridized carbons (Fsp3) is 0.588. The van der Waals surface area contributed by atoms with Crippen molar-refractivity contribution in [3.8, 4) is 5.75 Å². The second kappa shape index (κ2) is 10.2. The Morgan fingerprint density at radius 2 is 2.13 bits per heavy atom. The SMILES string of the molecule is CCOC(=O)CCc1ccc(OC[C@@H](O)CNC(C)C)c(F)c1. The van der Waals surface area contributed by atoms with Gasteiger partial charge in [-0.3, -0.25) is 4.79 Å². The first-order valence-electron chi connectivity index (χ1n) is 7.90. The van der Waals surface area contributed by atoms with Crippen LogP contribution in [0.5, 0.6) is 5.75 Å². The number of hydrogen-bond acceptors (Lipinski definition) is 5. The molecular weight excluding hydrogens is 301 g/mol. The summed E-state index contributed by atoms with van der Waals surface area (Å²) in [6.07, 6.45) is -0.0791. The quantitative estimate of drug-likeness (QED) is 0.644. The zero-order valence-electron chi connectivity index (χ0n) is 14.0. The van der Waals surface area contributed by atoms with Crippen molar-refractivity contribution in [3.63, 3.8) is 0 Å². The molecule has 1 aromatic rings. The zero-order valence-corrected chi connectivity index (χ0v) is 14.0. The maximum Gasteiger partial charge on any atom is 0.306 e. The van der Waals surface area contributed by atoms with Gasteiger partial charge in [0.1, 0.15) is 12.7 Å². The van der Waals surface area contributed by atoms with E-state index in [2.05, 4.69) is 5.32 Å². The van der Waals surface area contributed by atoms with Crippen LogP contribution < -0.4 is 10.1 Å². The summed E-state index contributed by atoms with van der Waals surface area (Å²) >= 11 is 0. The van der Waals surface area contributed by atoms with Crippen molar-refractivity contribution in [1.82, 2.24) is 5.32 Å². The monoisotopic (exact) mass is 327 g/mol. The summed E-state index contributed by atoms with van der Waals surface area (Å²) in [5, 5.41) is 12.8. The van der Waals surface area contributed by atoms with Crippen LogP contribution in [0, 0.1) is 5.82 Å². The molecule has 0 fully saturated rings. The topological polar surface area (TPSA) is 67.8 Å². The molecule has 0 aliphatic rings. The van der Waals surface area contributed by atoms with Gasteiger partial charge in [-0.2, -0.15) is 0 Å². The van der Waals surface area contributed by atoms with Crippen LogP contribution in [0.3, 0.4) is 0 Å². The highest BCUT2D eigenvalue weighted by atomic mass is 19.1. The van der Waals surface area contributed by atoms with Crippen molar-refractivity contribution in [2.45, 2.75) is 45.8 Å². The van der Waals surface area contributed by atoms with E-state index >= 15 is 0 Å². The molecule has 0 bridgehead atoms. The van der Waals surface area contributed by atoms with Crippen molar-refractivity contribution < 1.29 is 23.8 Å². The fourth-order valence-corrected chi connectivity index (χ4v) is 1.91. The molecule has 130 valence electrons. The third-order valence-corrected chi connectivity index (χ3v) is 3.11. The molecule has 0 aliphatic heterocycles. The van der Waals surface area contributed by atoms with E-state index in [1.807, 2.05) is 13.8 Å². The van der Waals surface area contributed by atoms with Gasteiger partial charge in [-0.15, -0.1) is 0 Å². The van der Waals surface area contributed by atoms with Crippen molar-refractivity contribution in [2.24, 2.45) is 0 Å². The average Bonchev–Trinajstić information content (AvgIpc) is 2.50. The van der Waals surface area contributed by atoms with E-state index in [-0.39, 0.29) is 30.8 Å². The lowest BCUT2D eigenvalue weighted by Gasteiger charge is -2.15. The minimum atomic E-state index is -0.708. The maximum atomic E-state index is 13.9. The average molecular weight is 327 g/mol. The van der Waals surface area contributed by atoms with Crippen molar-refractivity contribution in [3.05, 3.63) is 29.6 Å². The highest BCUT2D eigenvalue weighted by molar-refractivity contribution is 5.69. The molecule has 1 rings (SSSR count). The Hall–Kier alpha value is -1.66. The number of halogens is 1. The molecule has 5 nitrogen and oxygen atoms in total. The van der Waals surface area contributed by atoms with E-state index < -0.39 is 11.9 Å². The van der Waals surface area contributed by atoms with E-state index in [9.17, 15) is 14.3 Å². The minimum absolute atomic E-state index is 0.0127. The van der Waals surface area contributed by atoms with Crippen molar-refractivity contribution >= 4 is 5.97 Å². The normalized spacial score (nSPS) is 12.3. The number of aryl methyl sites for hydroxylation is 1. The molecular formula is C17H26FNO4. The standard InChI is InChI=1S/C17H26FNO4/c1-4-22-17(21)8-6-13-5-7-16(15(18)9-13)23-11-14(20)10-19-12(2)3/h5,7,9,12,14,19-20H,4,6,8,10-11H2,1-3H3/t14-/m0/s1. The summed E-state index contributed by atoms with van der Waals surface area (Å²) in [5.41, 5.74) is 0.699. The van der Waals surface area contributed by atoms with Gasteiger partial charge in [0.15, 0.2) is 11.6 Å². The van der Waals surface area contributed by atoms with Gasteiger partial charge in [0.05, 0.1) is 6.61 Å². The number of aliphatic hydroxyl groups excluding tert-OH is 1. The van der Waals surface area contributed by atoms with E-state index in [0.29, 0.717) is 25.1 Å². The Bertz CT molecular complexity index is 493. The van der Waals surface area contributed by atoms with Crippen LogP contribution in [0.2, 0.25) is 0 Å². The molecule has 0 radical (unpaired) electrons. The van der Waals surface area contributed by atoms with Crippen LogP contribution in [0.4, 0.5) is 4.39 Å². The van der Waals surface area contributed by atoms with Gasteiger partial charge >= 0.3 is 5.97 Å². The van der Waals surface area contributed by atoms with E-state index in [1.54, 1.807) is 13.0 Å². The van der Waals surface area contributed by atoms with Gasteiger partial charge in [-0.05, 0) is 31.0 Å². The first-order valence-corrected chi connectivity index (χ1v) is 7.90. The third kappa shape index (κ3) is 7.95. The number of aliphatic hydroxyl groups is 1. The van der Waals surface area contributed by atoms with Gasteiger partial charge in [0.25, 0.3) is 0 Å². The molecule has 0 heterocycles. The number of benzene rings is 1. The summed E-state index contributed by atoms with van der Waals surface area (Å²) in [6, 6.07) is 4.82. The van der Waals surface area contributed by atoms with Crippen LogP contribution in [0.15, 0.2) is 18.2 Å². The number of nitrogens with one attached hydrogen (secondary N) is 1. The number of carbonyl (C=O) groups excluding carboxylic acids is 1. The lowest BCUT2D eigenvalue weighted by atomic mass is 10.1. The Labute approximate surface area is 136 Å². The smallest absolute Gasteiger partial charge is 0.306 e. The third-order valence-electron chi connectivity index (χ3n) is 3.11. The number of ether oxygens (including phenoxy) is 2. The molecule has 0 saturated heterocycles. The first-order chi connectivity index (χ1) is 10.9. The number of carbonyl (C=O) groups is 1. The van der Waals surface area contributed by atoms with Gasteiger partial charge in [-0.1, -0.05) is 19.9 Å². The summed E-state index contributed by atoms with van der Waals surface area (Å²) in [5.74, 6) is -0.710. The summed E-state index contributed by atoms with van der Waals surface area (Å²) in [6.45, 7) is 6.43. The first kappa shape index (κ1) is 19.4. The van der Waals surface area contributed by atoms with Crippen LogP contribution in [-0.2, 0) is 16.0 Å². The molecule has 1 atom stereocenters. The molecule has 0 saturated carbocycles. The van der Waals surface area contributed by atoms with Gasteiger partial charge in [-0.25, -0.2) is 4.39 Å². The second-order valence-electron chi connectivity index (χ2n) is 5.60. The molecule has 0 amide bonds. The summed E-state index contributed by atoms with van der Waals surface area (Å²) < 4.78 is 24.1. The van der Waals surface area contributed by atoms with E-state index in [1.165, 1.54) is 12.1 Å². The maximum absolute atomic E-state index is 13.9. The van der Waals surface area contributed by atoms with Gasteiger partial charge in [0, 0.05) is 19.0 Å². The zero-order chi connectivity index (χ0) is 17.2. The van der Waals surface area contributed by atoms with Crippen molar-refractivity contribution in [1.29, 1.82) is 0 Å². The Balaban J connectivity index is 2.45. The van der Waals surface area contributed by atoms with E-state index in [0.717, 1.165) is 0 Å². The molecule has 23 heavy (non-hydrogen) atoms. The van der Waals surface area contributed by atoms with Gasteiger partial charge in [0.2, 0.25) is 0 Å². The highest BCUT2D eigenvalue weighted by Gasteiger charge is 2.10. The predicted octanol–water partition coefficient (Wildman–Crippen LogP) is 2.06. The largest absolute Gasteiger partial charge is 0.488 e. The summed E-state index contributed by atoms with van der Waals surface area (Å²) in [4.78, 5) is 11.3. The van der Waals surface area contributed by atoms with Crippen LogP contribution in [0.25, 0.3) is 0 Å². The molecule has 2 N–H and O–H groups in total. The molecule has 0 unspecified atom stereocenters. The van der Waals surface area contributed by atoms with Crippen LogP contribution in [-0.4, -0.2) is 43.0 Å². The van der Waals surface area contributed by atoms with E-state index in [4.69, 9.17) is 9.47 Å².